The molecular weight excluding hydrogens is 255 g/mol. The molecule has 0 saturated heterocycles. The van der Waals surface area contributed by atoms with Crippen LogP contribution in [-0.4, -0.2) is 21.3 Å². The summed E-state index contributed by atoms with van der Waals surface area (Å²) in [4.78, 5) is 4.26. The highest BCUT2D eigenvalue weighted by Crippen LogP contribution is 2.25. The summed E-state index contributed by atoms with van der Waals surface area (Å²) in [5.41, 5.74) is 1.38. The predicted molar refractivity (Wildman–Crippen MR) is 77.5 cm³/mol. The summed E-state index contributed by atoms with van der Waals surface area (Å²) in [5.74, 6) is 1.06. The second-order valence-corrected chi connectivity index (χ2v) is 4.97. The molecule has 1 heterocycles. The van der Waals surface area contributed by atoms with E-state index in [1.807, 2.05) is 26.8 Å². The summed E-state index contributed by atoms with van der Waals surface area (Å²) in [5, 5.41) is 7.69. The van der Waals surface area contributed by atoms with Gasteiger partial charge in [0.25, 0.3) is 0 Å². The molecule has 0 aliphatic carbocycles. The first-order valence-electron chi connectivity index (χ1n) is 6.97. The van der Waals surface area contributed by atoms with Crippen LogP contribution < -0.4 is 5.32 Å². The van der Waals surface area contributed by atoms with E-state index in [2.05, 4.69) is 22.3 Å². The van der Waals surface area contributed by atoms with Gasteiger partial charge in [-0.25, -0.2) is 14.1 Å². The van der Waals surface area contributed by atoms with Crippen LogP contribution in [0.1, 0.15) is 43.5 Å². The zero-order valence-corrected chi connectivity index (χ0v) is 12.4. The van der Waals surface area contributed by atoms with Crippen molar-refractivity contribution in [3.05, 3.63) is 41.2 Å². The van der Waals surface area contributed by atoms with Gasteiger partial charge in [0.15, 0.2) is 0 Å². The summed E-state index contributed by atoms with van der Waals surface area (Å²) < 4.78 is 15.9. The van der Waals surface area contributed by atoms with Crippen molar-refractivity contribution in [3.8, 4) is 5.69 Å². The smallest absolute Gasteiger partial charge is 0.149 e. The quantitative estimate of drug-likeness (QED) is 0.912. The maximum Gasteiger partial charge on any atom is 0.149 e. The molecular formula is C15H21FN4. The van der Waals surface area contributed by atoms with Crippen LogP contribution >= 0.6 is 0 Å². The van der Waals surface area contributed by atoms with Gasteiger partial charge in [-0.1, -0.05) is 19.1 Å². The number of halogens is 1. The highest BCUT2D eigenvalue weighted by molar-refractivity contribution is 5.44. The monoisotopic (exact) mass is 276 g/mol. The fourth-order valence-corrected chi connectivity index (χ4v) is 2.31. The van der Waals surface area contributed by atoms with Crippen LogP contribution in [0.5, 0.6) is 0 Å². The standard InChI is InChI=1S/C15H21FN4/c1-5-9-17-10(2)13-7-6-8-14(16)15(13)20-12(4)18-11(3)19-20/h6-8,10,17H,5,9H2,1-4H3. The number of para-hydroxylation sites is 1. The van der Waals surface area contributed by atoms with Gasteiger partial charge in [-0.2, -0.15) is 5.10 Å². The Kier molecular flexibility index (Phi) is 4.49. The highest BCUT2D eigenvalue weighted by Gasteiger charge is 2.18. The van der Waals surface area contributed by atoms with Crippen molar-refractivity contribution in [2.45, 2.75) is 40.2 Å². The lowest BCUT2D eigenvalue weighted by Gasteiger charge is -2.18. The molecule has 1 aromatic heterocycles. The third-order valence-electron chi connectivity index (χ3n) is 3.27. The summed E-state index contributed by atoms with van der Waals surface area (Å²) in [6, 6.07) is 5.19. The van der Waals surface area contributed by atoms with Crippen LogP contribution in [0, 0.1) is 19.7 Å². The number of aromatic nitrogens is 3. The second-order valence-electron chi connectivity index (χ2n) is 4.97. The van der Waals surface area contributed by atoms with Gasteiger partial charge < -0.3 is 5.32 Å². The van der Waals surface area contributed by atoms with Gasteiger partial charge in [0, 0.05) is 6.04 Å². The van der Waals surface area contributed by atoms with Crippen molar-refractivity contribution < 1.29 is 4.39 Å². The van der Waals surface area contributed by atoms with Crippen molar-refractivity contribution in [2.75, 3.05) is 6.54 Å². The molecule has 2 aromatic rings. The van der Waals surface area contributed by atoms with Crippen molar-refractivity contribution in [1.29, 1.82) is 0 Å². The van der Waals surface area contributed by atoms with E-state index in [0.717, 1.165) is 18.5 Å². The van der Waals surface area contributed by atoms with E-state index in [1.54, 1.807) is 10.7 Å². The zero-order valence-electron chi connectivity index (χ0n) is 12.4. The van der Waals surface area contributed by atoms with Gasteiger partial charge in [-0.15, -0.1) is 0 Å². The van der Waals surface area contributed by atoms with E-state index in [9.17, 15) is 4.39 Å². The Bertz CT molecular complexity index is 592. The molecule has 5 heteroatoms. The summed E-state index contributed by atoms with van der Waals surface area (Å²) >= 11 is 0. The van der Waals surface area contributed by atoms with Crippen LogP contribution in [0.4, 0.5) is 4.39 Å². The Labute approximate surface area is 119 Å². The SMILES string of the molecule is CCCNC(C)c1cccc(F)c1-n1nc(C)nc1C. The number of nitrogens with one attached hydrogen (secondary N) is 1. The average molecular weight is 276 g/mol. The summed E-state index contributed by atoms with van der Waals surface area (Å²) in [7, 11) is 0. The molecule has 1 unspecified atom stereocenters. The summed E-state index contributed by atoms with van der Waals surface area (Å²) in [6.45, 7) is 8.68. The van der Waals surface area contributed by atoms with Crippen molar-refractivity contribution in [3.63, 3.8) is 0 Å². The predicted octanol–water partition coefficient (Wildman–Crippen LogP) is 3.08. The molecule has 2 rings (SSSR count). The zero-order chi connectivity index (χ0) is 14.7. The molecule has 108 valence electrons. The number of rotatable bonds is 5. The van der Waals surface area contributed by atoms with E-state index < -0.39 is 0 Å². The van der Waals surface area contributed by atoms with Crippen molar-refractivity contribution >= 4 is 0 Å². The maximum atomic E-state index is 14.3. The van der Waals surface area contributed by atoms with E-state index in [-0.39, 0.29) is 11.9 Å². The Hall–Kier alpha value is -1.75. The minimum Gasteiger partial charge on any atom is -0.310 e. The number of hydrogen-bond donors (Lipinski definition) is 1. The molecule has 0 bridgehead atoms. The van der Waals surface area contributed by atoms with Gasteiger partial charge >= 0.3 is 0 Å². The number of hydrogen-bond acceptors (Lipinski definition) is 3. The fourth-order valence-electron chi connectivity index (χ4n) is 2.31. The van der Waals surface area contributed by atoms with Crippen LogP contribution in [0.3, 0.4) is 0 Å². The first-order chi connectivity index (χ1) is 9.54. The fraction of sp³-hybridized carbons (Fsp3) is 0.467. The molecule has 0 radical (unpaired) electrons. The molecule has 0 spiro atoms. The molecule has 0 fully saturated rings. The van der Waals surface area contributed by atoms with E-state index in [1.165, 1.54) is 6.07 Å². The van der Waals surface area contributed by atoms with Crippen LogP contribution in [0.15, 0.2) is 18.2 Å². The second kappa shape index (κ2) is 6.13. The minimum absolute atomic E-state index is 0.0598. The lowest BCUT2D eigenvalue weighted by Crippen LogP contribution is -2.21. The first kappa shape index (κ1) is 14.7. The third kappa shape index (κ3) is 2.88. The molecule has 0 aliphatic rings. The van der Waals surface area contributed by atoms with E-state index in [4.69, 9.17) is 0 Å². The Balaban J connectivity index is 2.49. The molecule has 1 atom stereocenters. The number of aryl methyl sites for hydroxylation is 2. The Morgan fingerprint density at radius 3 is 2.70 bits per heavy atom. The van der Waals surface area contributed by atoms with Crippen LogP contribution in [0.25, 0.3) is 5.69 Å². The first-order valence-corrected chi connectivity index (χ1v) is 6.97. The lowest BCUT2D eigenvalue weighted by atomic mass is 10.1. The number of benzene rings is 1. The van der Waals surface area contributed by atoms with E-state index >= 15 is 0 Å². The molecule has 4 nitrogen and oxygen atoms in total. The molecule has 1 N–H and O–H groups in total. The molecule has 1 aromatic carbocycles. The van der Waals surface area contributed by atoms with Gasteiger partial charge in [-0.3, -0.25) is 0 Å². The topological polar surface area (TPSA) is 42.7 Å². The normalized spacial score (nSPS) is 12.7. The Morgan fingerprint density at radius 1 is 1.35 bits per heavy atom. The van der Waals surface area contributed by atoms with Gasteiger partial charge in [0.05, 0.1) is 0 Å². The molecule has 0 aliphatic heterocycles. The highest BCUT2D eigenvalue weighted by atomic mass is 19.1. The average Bonchev–Trinajstić information content (AvgIpc) is 2.74. The number of nitrogens with zero attached hydrogens (tertiary/aromatic N) is 3. The largest absolute Gasteiger partial charge is 0.310 e. The summed E-state index contributed by atoms with van der Waals surface area (Å²) in [6.07, 6.45) is 1.04. The van der Waals surface area contributed by atoms with Gasteiger partial charge in [-0.05, 0) is 45.4 Å². The van der Waals surface area contributed by atoms with Gasteiger partial charge in [0.2, 0.25) is 0 Å². The van der Waals surface area contributed by atoms with Crippen molar-refractivity contribution in [1.82, 2.24) is 20.1 Å². The van der Waals surface area contributed by atoms with E-state index in [0.29, 0.717) is 17.3 Å². The molecule has 0 amide bonds. The van der Waals surface area contributed by atoms with Crippen LogP contribution in [-0.2, 0) is 0 Å². The lowest BCUT2D eigenvalue weighted by molar-refractivity contribution is 0.551. The van der Waals surface area contributed by atoms with Crippen LogP contribution in [0.2, 0.25) is 0 Å². The molecule has 0 saturated carbocycles. The van der Waals surface area contributed by atoms with Gasteiger partial charge in [0.1, 0.15) is 23.2 Å². The minimum atomic E-state index is -0.277. The maximum absolute atomic E-state index is 14.3. The third-order valence-corrected chi connectivity index (χ3v) is 3.27. The molecule has 20 heavy (non-hydrogen) atoms. The Morgan fingerprint density at radius 2 is 2.10 bits per heavy atom. The van der Waals surface area contributed by atoms with Crippen molar-refractivity contribution in [2.24, 2.45) is 0 Å².